The number of pyridine rings is 1. The molecule has 0 atom stereocenters. The van der Waals surface area contributed by atoms with Crippen molar-refractivity contribution in [1.82, 2.24) is 4.98 Å². The van der Waals surface area contributed by atoms with E-state index in [1.807, 2.05) is 13.8 Å². The lowest BCUT2D eigenvalue weighted by Gasteiger charge is -2.19. The average molecular weight is 275 g/mol. The second-order valence-electron chi connectivity index (χ2n) is 4.59. The summed E-state index contributed by atoms with van der Waals surface area (Å²) >= 11 is 0. The van der Waals surface area contributed by atoms with Crippen molar-refractivity contribution < 1.29 is 17.9 Å². The highest BCUT2D eigenvalue weighted by atomic mass is 19.4. The van der Waals surface area contributed by atoms with Crippen molar-refractivity contribution in [3.63, 3.8) is 0 Å². The van der Waals surface area contributed by atoms with Gasteiger partial charge < -0.3 is 4.74 Å². The second kappa shape index (κ2) is 6.78. The van der Waals surface area contributed by atoms with Crippen molar-refractivity contribution in [2.24, 2.45) is 0 Å². The van der Waals surface area contributed by atoms with E-state index in [0.717, 1.165) is 31.9 Å². The van der Waals surface area contributed by atoms with Crippen LogP contribution in [0, 0.1) is 0 Å². The molecule has 1 aromatic rings. The molecule has 1 rings (SSSR count). The van der Waals surface area contributed by atoms with Crippen molar-refractivity contribution in [2.75, 3.05) is 7.11 Å². The number of aromatic nitrogens is 1. The molecule has 1 heterocycles. The quantitative estimate of drug-likeness (QED) is 0.744. The summed E-state index contributed by atoms with van der Waals surface area (Å²) in [5.74, 6) is 0.375. The van der Waals surface area contributed by atoms with Gasteiger partial charge in [0.05, 0.1) is 12.7 Å². The first-order valence-electron chi connectivity index (χ1n) is 6.55. The number of ether oxygens (including phenoxy) is 1. The van der Waals surface area contributed by atoms with Gasteiger partial charge in [-0.15, -0.1) is 0 Å². The number of methoxy groups -OCH3 is 1. The fourth-order valence-electron chi connectivity index (χ4n) is 2.24. The molecule has 5 heteroatoms. The first-order chi connectivity index (χ1) is 8.93. The van der Waals surface area contributed by atoms with Gasteiger partial charge in [0.25, 0.3) is 0 Å². The molecule has 0 saturated heterocycles. The molecule has 0 amide bonds. The van der Waals surface area contributed by atoms with Crippen LogP contribution in [0.15, 0.2) is 12.3 Å². The van der Waals surface area contributed by atoms with Crippen molar-refractivity contribution >= 4 is 0 Å². The standard InChI is InChI=1S/C14H20F3NO/c1-4-6-10(7-5-2)12-8-11(14(15,16)17)9-18-13(12)19-3/h8-10H,4-7H2,1-3H3. The van der Waals surface area contributed by atoms with E-state index in [-0.39, 0.29) is 5.92 Å². The monoisotopic (exact) mass is 275 g/mol. The van der Waals surface area contributed by atoms with E-state index in [1.54, 1.807) is 0 Å². The van der Waals surface area contributed by atoms with Crippen LogP contribution in [0.2, 0.25) is 0 Å². The van der Waals surface area contributed by atoms with E-state index in [1.165, 1.54) is 13.2 Å². The summed E-state index contributed by atoms with van der Waals surface area (Å²) in [6.07, 6.45) is -0.0111. The Morgan fingerprint density at radius 3 is 2.21 bits per heavy atom. The van der Waals surface area contributed by atoms with E-state index < -0.39 is 11.7 Å². The lowest BCUT2D eigenvalue weighted by molar-refractivity contribution is -0.137. The maximum absolute atomic E-state index is 12.8. The third-order valence-electron chi connectivity index (χ3n) is 3.11. The summed E-state index contributed by atoms with van der Waals surface area (Å²) in [4.78, 5) is 3.81. The molecule has 0 aromatic carbocycles. The second-order valence-corrected chi connectivity index (χ2v) is 4.59. The number of halogens is 3. The Balaban J connectivity index is 3.19. The van der Waals surface area contributed by atoms with Crippen LogP contribution in [0.5, 0.6) is 5.88 Å². The molecule has 0 N–H and O–H groups in total. The Hall–Kier alpha value is -1.26. The predicted molar refractivity (Wildman–Crippen MR) is 68.3 cm³/mol. The molecule has 0 aliphatic rings. The highest BCUT2D eigenvalue weighted by Crippen LogP contribution is 2.36. The summed E-state index contributed by atoms with van der Waals surface area (Å²) in [6.45, 7) is 4.05. The SMILES string of the molecule is CCCC(CCC)c1cc(C(F)(F)F)cnc1OC. The van der Waals surface area contributed by atoms with Crippen molar-refractivity contribution in [2.45, 2.75) is 51.6 Å². The highest BCUT2D eigenvalue weighted by molar-refractivity contribution is 5.34. The van der Waals surface area contributed by atoms with Crippen LogP contribution in [0.3, 0.4) is 0 Å². The number of rotatable bonds is 6. The molecule has 0 bridgehead atoms. The minimum absolute atomic E-state index is 0.0692. The first kappa shape index (κ1) is 15.8. The van der Waals surface area contributed by atoms with E-state index in [0.29, 0.717) is 11.4 Å². The van der Waals surface area contributed by atoms with Crippen LogP contribution >= 0.6 is 0 Å². The van der Waals surface area contributed by atoms with Gasteiger partial charge in [-0.05, 0) is 24.8 Å². The molecule has 0 aliphatic carbocycles. The minimum Gasteiger partial charge on any atom is -0.481 e. The van der Waals surface area contributed by atoms with Gasteiger partial charge in [-0.3, -0.25) is 0 Å². The first-order valence-corrected chi connectivity index (χ1v) is 6.55. The summed E-state index contributed by atoms with van der Waals surface area (Å²) < 4.78 is 43.4. The van der Waals surface area contributed by atoms with Crippen molar-refractivity contribution in [1.29, 1.82) is 0 Å². The summed E-state index contributed by atoms with van der Waals surface area (Å²) in [5, 5.41) is 0. The molecule has 0 aliphatic heterocycles. The van der Waals surface area contributed by atoms with Crippen LogP contribution in [-0.2, 0) is 6.18 Å². The Labute approximate surface area is 112 Å². The molecular formula is C14H20F3NO. The number of hydrogen-bond donors (Lipinski definition) is 0. The van der Waals surface area contributed by atoms with Gasteiger partial charge in [0.15, 0.2) is 0 Å². The van der Waals surface area contributed by atoms with E-state index in [4.69, 9.17) is 4.74 Å². The van der Waals surface area contributed by atoms with E-state index in [9.17, 15) is 13.2 Å². The summed E-state index contributed by atoms with van der Waals surface area (Å²) in [5.41, 5.74) is -0.137. The Kier molecular flexibility index (Phi) is 5.63. The molecule has 0 saturated carbocycles. The topological polar surface area (TPSA) is 22.1 Å². The van der Waals surface area contributed by atoms with Gasteiger partial charge >= 0.3 is 6.18 Å². The average Bonchev–Trinajstić information content (AvgIpc) is 2.36. The van der Waals surface area contributed by atoms with Crippen LogP contribution in [0.1, 0.15) is 56.6 Å². The lowest BCUT2D eigenvalue weighted by Crippen LogP contribution is -2.10. The molecule has 0 radical (unpaired) electrons. The maximum atomic E-state index is 12.8. The van der Waals surface area contributed by atoms with Gasteiger partial charge in [-0.25, -0.2) is 4.98 Å². The van der Waals surface area contributed by atoms with Crippen LogP contribution in [-0.4, -0.2) is 12.1 Å². The molecule has 0 spiro atoms. The molecule has 108 valence electrons. The molecule has 1 aromatic heterocycles. The normalized spacial score (nSPS) is 11.9. The maximum Gasteiger partial charge on any atom is 0.417 e. The van der Waals surface area contributed by atoms with E-state index in [2.05, 4.69) is 4.98 Å². The van der Waals surface area contributed by atoms with Gasteiger partial charge in [0.1, 0.15) is 0 Å². The smallest absolute Gasteiger partial charge is 0.417 e. The van der Waals surface area contributed by atoms with Gasteiger partial charge in [0, 0.05) is 11.8 Å². The zero-order valence-electron chi connectivity index (χ0n) is 11.5. The number of nitrogens with zero attached hydrogens (tertiary/aromatic N) is 1. The van der Waals surface area contributed by atoms with Crippen LogP contribution in [0.4, 0.5) is 13.2 Å². The predicted octanol–water partition coefficient (Wildman–Crippen LogP) is 4.79. The Bertz CT molecular complexity index is 398. The third-order valence-corrected chi connectivity index (χ3v) is 3.11. The molecule has 2 nitrogen and oxygen atoms in total. The summed E-state index contributed by atoms with van der Waals surface area (Å²) in [7, 11) is 1.44. The highest BCUT2D eigenvalue weighted by Gasteiger charge is 2.32. The number of hydrogen-bond acceptors (Lipinski definition) is 2. The number of alkyl halides is 3. The Morgan fingerprint density at radius 2 is 1.79 bits per heavy atom. The molecule has 19 heavy (non-hydrogen) atoms. The Morgan fingerprint density at radius 1 is 1.21 bits per heavy atom. The van der Waals surface area contributed by atoms with Crippen molar-refractivity contribution in [3.8, 4) is 5.88 Å². The molecule has 0 unspecified atom stereocenters. The fourth-order valence-corrected chi connectivity index (χ4v) is 2.24. The van der Waals surface area contributed by atoms with Gasteiger partial charge in [-0.1, -0.05) is 26.7 Å². The van der Waals surface area contributed by atoms with Crippen molar-refractivity contribution in [3.05, 3.63) is 23.4 Å². The fraction of sp³-hybridized carbons (Fsp3) is 0.643. The molecule has 0 fully saturated rings. The van der Waals surface area contributed by atoms with Gasteiger partial charge in [-0.2, -0.15) is 13.2 Å². The minimum atomic E-state index is -4.36. The van der Waals surface area contributed by atoms with Crippen LogP contribution in [0.25, 0.3) is 0 Å². The van der Waals surface area contributed by atoms with E-state index >= 15 is 0 Å². The lowest BCUT2D eigenvalue weighted by atomic mass is 9.90. The summed E-state index contributed by atoms with van der Waals surface area (Å²) in [6, 6.07) is 1.18. The zero-order chi connectivity index (χ0) is 14.5. The van der Waals surface area contributed by atoms with Crippen LogP contribution < -0.4 is 4.74 Å². The third kappa shape index (κ3) is 4.11. The molecular weight excluding hydrogens is 255 g/mol. The largest absolute Gasteiger partial charge is 0.481 e. The zero-order valence-corrected chi connectivity index (χ0v) is 11.5. The van der Waals surface area contributed by atoms with Gasteiger partial charge in [0.2, 0.25) is 5.88 Å².